The van der Waals surface area contributed by atoms with E-state index < -0.39 is 6.10 Å². The van der Waals surface area contributed by atoms with Gasteiger partial charge in [-0.15, -0.1) is 0 Å². The largest absolute Gasteiger partial charge is 0.490 e. The number of carbonyl (C=O) groups excluding carboxylic acids is 1. The van der Waals surface area contributed by atoms with E-state index in [0.29, 0.717) is 29.3 Å². The molecule has 0 saturated carbocycles. The predicted molar refractivity (Wildman–Crippen MR) is 109 cm³/mol. The topological polar surface area (TPSA) is 59.0 Å². The molecule has 1 saturated heterocycles. The van der Waals surface area contributed by atoms with Gasteiger partial charge in [-0.2, -0.15) is 0 Å². The van der Waals surface area contributed by atoms with Gasteiger partial charge in [-0.1, -0.05) is 30.7 Å². The summed E-state index contributed by atoms with van der Waals surface area (Å²) in [4.78, 5) is 14.2. The minimum absolute atomic E-state index is 0.0341. The van der Waals surface area contributed by atoms with Gasteiger partial charge in [0, 0.05) is 31.1 Å². The first kappa shape index (κ1) is 20.6. The zero-order chi connectivity index (χ0) is 19.9. The first-order valence-corrected chi connectivity index (χ1v) is 10.0. The van der Waals surface area contributed by atoms with E-state index in [2.05, 4.69) is 4.90 Å². The first-order chi connectivity index (χ1) is 13.5. The summed E-state index contributed by atoms with van der Waals surface area (Å²) in [6.07, 6.45) is 0.784. The molecular weight excluding hydrogens is 378 g/mol. The number of β-amino-alcohol motifs (C(OH)–C–C–N with tert-alkyl or cyclic N) is 1. The van der Waals surface area contributed by atoms with Crippen LogP contribution in [0.2, 0.25) is 5.02 Å². The molecule has 0 amide bonds. The van der Waals surface area contributed by atoms with Crippen LogP contribution in [0.4, 0.5) is 0 Å². The van der Waals surface area contributed by atoms with Crippen molar-refractivity contribution in [1.82, 2.24) is 4.90 Å². The minimum Gasteiger partial charge on any atom is -0.490 e. The Kier molecular flexibility index (Phi) is 7.31. The normalized spacial score (nSPS) is 18.0. The summed E-state index contributed by atoms with van der Waals surface area (Å²) in [5, 5.41) is 11.0. The van der Waals surface area contributed by atoms with Crippen molar-refractivity contribution in [2.75, 3.05) is 26.2 Å². The molecule has 1 aliphatic heterocycles. The highest BCUT2D eigenvalue weighted by Gasteiger charge is 2.26. The maximum absolute atomic E-state index is 12.0. The minimum atomic E-state index is -0.640. The summed E-state index contributed by atoms with van der Waals surface area (Å²) >= 11 is 5.90. The Morgan fingerprint density at radius 2 is 2.00 bits per heavy atom. The van der Waals surface area contributed by atoms with Gasteiger partial charge in [-0.3, -0.25) is 9.69 Å². The van der Waals surface area contributed by atoms with Crippen LogP contribution in [-0.4, -0.2) is 54.2 Å². The lowest BCUT2D eigenvalue weighted by atomic mass is 10.1. The number of aliphatic hydroxyl groups excluding tert-OH is 1. The van der Waals surface area contributed by atoms with Gasteiger partial charge in [-0.05, 0) is 42.8 Å². The molecule has 0 aromatic heterocycles. The maximum atomic E-state index is 12.0. The highest BCUT2D eigenvalue weighted by Crippen LogP contribution is 2.22. The van der Waals surface area contributed by atoms with Crippen LogP contribution in [-0.2, 0) is 0 Å². The van der Waals surface area contributed by atoms with Crippen LogP contribution in [0.25, 0.3) is 0 Å². The molecule has 1 aliphatic rings. The maximum Gasteiger partial charge on any atom is 0.166 e. The van der Waals surface area contributed by atoms with Crippen LogP contribution in [0, 0.1) is 0 Å². The molecule has 1 heterocycles. The zero-order valence-electron chi connectivity index (χ0n) is 16.0. The Bertz CT molecular complexity index is 780. The molecule has 6 heteroatoms. The molecule has 5 nitrogen and oxygen atoms in total. The molecule has 2 aromatic carbocycles. The van der Waals surface area contributed by atoms with E-state index in [1.807, 2.05) is 43.3 Å². The molecule has 28 heavy (non-hydrogen) atoms. The van der Waals surface area contributed by atoms with E-state index in [1.54, 1.807) is 12.1 Å². The highest BCUT2D eigenvalue weighted by atomic mass is 35.5. The number of para-hydroxylation sites is 1. The van der Waals surface area contributed by atoms with Gasteiger partial charge in [0.2, 0.25) is 0 Å². The monoisotopic (exact) mass is 403 g/mol. The number of hydrogen-bond donors (Lipinski definition) is 1. The smallest absolute Gasteiger partial charge is 0.166 e. The van der Waals surface area contributed by atoms with Gasteiger partial charge in [0.05, 0.1) is 5.56 Å². The van der Waals surface area contributed by atoms with E-state index in [1.165, 1.54) is 0 Å². The van der Waals surface area contributed by atoms with Gasteiger partial charge in [-0.25, -0.2) is 0 Å². The highest BCUT2D eigenvalue weighted by molar-refractivity contribution is 6.30. The standard InChI is InChI=1S/C22H26ClNO4/c1-2-21(26)20-5-3-4-6-22(20)27-15-17(25)13-24-12-11-19(14-24)28-18-9-7-16(23)8-10-18/h3-10,17,19,25H,2,11-15H2,1H3. The molecule has 0 radical (unpaired) electrons. The van der Waals surface area contributed by atoms with Crippen LogP contribution in [0.1, 0.15) is 30.1 Å². The third-order valence-corrected chi connectivity index (χ3v) is 5.01. The molecule has 2 unspecified atom stereocenters. The third-order valence-electron chi connectivity index (χ3n) is 4.75. The van der Waals surface area contributed by atoms with E-state index in [9.17, 15) is 9.90 Å². The van der Waals surface area contributed by atoms with E-state index in [-0.39, 0.29) is 18.5 Å². The van der Waals surface area contributed by atoms with Gasteiger partial charge in [0.1, 0.15) is 30.3 Å². The first-order valence-electron chi connectivity index (χ1n) is 9.62. The Morgan fingerprint density at radius 1 is 1.25 bits per heavy atom. The fourth-order valence-electron chi connectivity index (χ4n) is 3.31. The molecule has 3 rings (SSSR count). The summed E-state index contributed by atoms with van der Waals surface area (Å²) in [5.41, 5.74) is 0.565. The number of halogens is 1. The Balaban J connectivity index is 1.45. The van der Waals surface area contributed by atoms with Gasteiger partial charge >= 0.3 is 0 Å². The Morgan fingerprint density at radius 3 is 2.75 bits per heavy atom. The molecule has 1 fully saturated rings. The average Bonchev–Trinajstić information content (AvgIpc) is 3.14. The number of rotatable bonds is 9. The number of likely N-dealkylation sites (tertiary alicyclic amines) is 1. The second kappa shape index (κ2) is 9.92. The fourth-order valence-corrected chi connectivity index (χ4v) is 3.44. The second-order valence-electron chi connectivity index (χ2n) is 6.98. The van der Waals surface area contributed by atoms with Crippen molar-refractivity contribution in [1.29, 1.82) is 0 Å². The van der Waals surface area contributed by atoms with Crippen molar-refractivity contribution in [2.45, 2.75) is 32.0 Å². The van der Waals surface area contributed by atoms with Gasteiger partial charge in [0.15, 0.2) is 5.78 Å². The molecule has 0 spiro atoms. The predicted octanol–water partition coefficient (Wildman–Crippen LogP) is 3.83. The van der Waals surface area contributed by atoms with Crippen LogP contribution < -0.4 is 9.47 Å². The summed E-state index contributed by atoms with van der Waals surface area (Å²) in [6, 6.07) is 14.5. The Hall–Kier alpha value is -2.08. The number of benzene rings is 2. The molecule has 2 aromatic rings. The van der Waals surface area contributed by atoms with Crippen LogP contribution in [0.15, 0.2) is 48.5 Å². The number of aliphatic hydroxyl groups is 1. The Labute approximate surface area is 170 Å². The van der Waals surface area contributed by atoms with E-state index in [4.69, 9.17) is 21.1 Å². The summed E-state index contributed by atoms with van der Waals surface area (Å²) in [7, 11) is 0. The number of ether oxygens (including phenoxy) is 2. The summed E-state index contributed by atoms with van der Waals surface area (Å²) in [5.74, 6) is 1.36. The van der Waals surface area contributed by atoms with Crippen LogP contribution >= 0.6 is 11.6 Å². The SMILES string of the molecule is CCC(=O)c1ccccc1OCC(O)CN1CCC(Oc2ccc(Cl)cc2)C1. The number of carbonyl (C=O) groups is 1. The molecule has 1 N–H and O–H groups in total. The van der Waals surface area contributed by atoms with Crippen molar-refractivity contribution in [3.8, 4) is 11.5 Å². The van der Waals surface area contributed by atoms with Gasteiger partial charge < -0.3 is 14.6 Å². The lowest BCUT2D eigenvalue weighted by Crippen LogP contribution is -2.35. The third kappa shape index (κ3) is 5.71. The summed E-state index contributed by atoms with van der Waals surface area (Å²) in [6.45, 7) is 4.09. The fraction of sp³-hybridized carbons (Fsp3) is 0.409. The van der Waals surface area contributed by atoms with Crippen molar-refractivity contribution >= 4 is 17.4 Å². The zero-order valence-corrected chi connectivity index (χ0v) is 16.8. The summed E-state index contributed by atoms with van der Waals surface area (Å²) < 4.78 is 11.7. The second-order valence-corrected chi connectivity index (χ2v) is 7.42. The van der Waals surface area contributed by atoms with E-state index >= 15 is 0 Å². The number of Topliss-reactive ketones (excluding diaryl/α,β-unsaturated/α-hetero) is 1. The molecule has 150 valence electrons. The van der Waals surface area contributed by atoms with Crippen molar-refractivity contribution in [3.63, 3.8) is 0 Å². The van der Waals surface area contributed by atoms with Crippen molar-refractivity contribution < 1.29 is 19.4 Å². The van der Waals surface area contributed by atoms with Crippen LogP contribution in [0.3, 0.4) is 0 Å². The molecule has 2 atom stereocenters. The number of hydrogen-bond acceptors (Lipinski definition) is 5. The average molecular weight is 404 g/mol. The number of nitrogens with zero attached hydrogens (tertiary/aromatic N) is 1. The van der Waals surface area contributed by atoms with Crippen molar-refractivity contribution in [3.05, 3.63) is 59.1 Å². The number of ketones is 1. The van der Waals surface area contributed by atoms with E-state index in [0.717, 1.165) is 25.3 Å². The van der Waals surface area contributed by atoms with Crippen molar-refractivity contribution in [2.24, 2.45) is 0 Å². The lowest BCUT2D eigenvalue weighted by molar-refractivity contribution is 0.0710. The molecular formula is C22H26ClNO4. The quantitative estimate of drug-likeness (QED) is 0.645. The molecule has 0 aliphatic carbocycles. The van der Waals surface area contributed by atoms with Gasteiger partial charge in [0.25, 0.3) is 0 Å². The van der Waals surface area contributed by atoms with Crippen LogP contribution in [0.5, 0.6) is 11.5 Å². The lowest BCUT2D eigenvalue weighted by Gasteiger charge is -2.21. The molecule has 0 bridgehead atoms.